The van der Waals surface area contributed by atoms with Crippen molar-refractivity contribution in [3.63, 3.8) is 0 Å². The van der Waals surface area contributed by atoms with Gasteiger partial charge in [0.15, 0.2) is 5.76 Å². The predicted octanol–water partition coefficient (Wildman–Crippen LogP) is 1.07. The van der Waals surface area contributed by atoms with Gasteiger partial charge in [-0.3, -0.25) is 4.79 Å². The van der Waals surface area contributed by atoms with Crippen LogP contribution in [-0.2, 0) is 5.41 Å². The molecule has 0 saturated heterocycles. The number of nitrogens with zero attached hydrogens (tertiary/aromatic N) is 1. The first kappa shape index (κ1) is 8.77. The monoisotopic (exact) mass is 168 g/mol. The van der Waals surface area contributed by atoms with Crippen molar-refractivity contribution in [3.8, 4) is 0 Å². The number of rotatable bonds is 1. The highest BCUT2D eigenvalue weighted by Gasteiger charge is 2.25. The Morgan fingerprint density at radius 1 is 1.58 bits per heavy atom. The summed E-state index contributed by atoms with van der Waals surface area (Å²) in [6.07, 6.45) is 1.35. The van der Waals surface area contributed by atoms with E-state index >= 15 is 0 Å². The Bertz CT molecular complexity index is 296. The molecule has 0 aliphatic heterocycles. The Morgan fingerprint density at radius 3 is 2.50 bits per heavy atom. The average molecular weight is 168 g/mol. The standard InChI is InChI=1S/C8H12N2O2/c1-8(2,3)6-5(7(9)11)4-10-12-6/h4H,1-3H3,(H2,9,11). The van der Waals surface area contributed by atoms with E-state index in [4.69, 9.17) is 10.3 Å². The molecule has 4 heteroatoms. The molecule has 0 fully saturated rings. The van der Waals surface area contributed by atoms with Crippen LogP contribution in [0.1, 0.15) is 36.9 Å². The number of hydrogen-bond donors (Lipinski definition) is 1. The molecule has 0 radical (unpaired) electrons. The average Bonchev–Trinajstić information content (AvgIpc) is 2.30. The zero-order valence-electron chi connectivity index (χ0n) is 7.42. The summed E-state index contributed by atoms with van der Waals surface area (Å²) in [5.74, 6) is 0.0381. The highest BCUT2D eigenvalue weighted by atomic mass is 16.5. The van der Waals surface area contributed by atoms with Crippen LogP contribution < -0.4 is 5.73 Å². The maximum atomic E-state index is 10.9. The van der Waals surface area contributed by atoms with Crippen LogP contribution in [0.2, 0.25) is 0 Å². The minimum absolute atomic E-state index is 0.235. The molecule has 4 nitrogen and oxygen atoms in total. The van der Waals surface area contributed by atoms with E-state index in [1.54, 1.807) is 0 Å². The fraction of sp³-hybridized carbons (Fsp3) is 0.500. The lowest BCUT2D eigenvalue weighted by Crippen LogP contribution is -2.19. The SMILES string of the molecule is CC(C)(C)c1oncc1C(N)=O. The van der Waals surface area contributed by atoms with E-state index < -0.39 is 5.91 Å². The van der Waals surface area contributed by atoms with Crippen molar-refractivity contribution >= 4 is 5.91 Å². The molecule has 2 N–H and O–H groups in total. The van der Waals surface area contributed by atoms with Gasteiger partial charge in [0.25, 0.3) is 5.91 Å². The Kier molecular flexibility index (Phi) is 1.92. The number of carbonyl (C=O) groups excluding carboxylic acids is 1. The van der Waals surface area contributed by atoms with Crippen molar-refractivity contribution in [2.45, 2.75) is 26.2 Å². The maximum Gasteiger partial charge on any atom is 0.253 e. The van der Waals surface area contributed by atoms with E-state index in [-0.39, 0.29) is 5.41 Å². The maximum absolute atomic E-state index is 10.9. The third-order valence-electron chi connectivity index (χ3n) is 1.52. The van der Waals surface area contributed by atoms with Crippen LogP contribution in [0.25, 0.3) is 0 Å². The smallest absolute Gasteiger partial charge is 0.253 e. The van der Waals surface area contributed by atoms with Crippen molar-refractivity contribution in [2.24, 2.45) is 5.73 Å². The highest BCUT2D eigenvalue weighted by Crippen LogP contribution is 2.24. The molecule has 0 unspecified atom stereocenters. The summed E-state index contributed by atoms with van der Waals surface area (Å²) < 4.78 is 4.94. The quantitative estimate of drug-likeness (QED) is 0.681. The second kappa shape index (κ2) is 2.62. The first-order valence-electron chi connectivity index (χ1n) is 3.68. The van der Waals surface area contributed by atoms with E-state index in [2.05, 4.69) is 5.16 Å². The summed E-state index contributed by atoms with van der Waals surface area (Å²) in [7, 11) is 0. The summed E-state index contributed by atoms with van der Waals surface area (Å²) in [5, 5.41) is 3.53. The van der Waals surface area contributed by atoms with Crippen molar-refractivity contribution in [3.05, 3.63) is 17.5 Å². The highest BCUT2D eigenvalue weighted by molar-refractivity contribution is 5.93. The lowest BCUT2D eigenvalue weighted by atomic mass is 9.90. The number of nitrogens with two attached hydrogens (primary N) is 1. The van der Waals surface area contributed by atoms with Gasteiger partial charge in [0.1, 0.15) is 5.56 Å². The van der Waals surface area contributed by atoms with Crippen LogP contribution in [0.4, 0.5) is 0 Å². The normalized spacial score (nSPS) is 11.6. The van der Waals surface area contributed by atoms with Crippen molar-refractivity contribution in [1.29, 1.82) is 0 Å². The van der Waals surface area contributed by atoms with Crippen LogP contribution in [0.15, 0.2) is 10.7 Å². The van der Waals surface area contributed by atoms with Gasteiger partial charge in [-0.05, 0) is 0 Å². The van der Waals surface area contributed by atoms with Crippen LogP contribution in [-0.4, -0.2) is 11.1 Å². The molecule has 0 atom stereocenters. The number of hydrogen-bond acceptors (Lipinski definition) is 3. The van der Waals surface area contributed by atoms with E-state index in [1.807, 2.05) is 20.8 Å². The van der Waals surface area contributed by atoms with Crippen molar-refractivity contribution < 1.29 is 9.32 Å². The molecule has 0 spiro atoms. The summed E-state index contributed by atoms with van der Waals surface area (Å²) in [6, 6.07) is 0. The van der Waals surface area contributed by atoms with Gasteiger partial charge in [-0.25, -0.2) is 0 Å². The molecule has 0 aliphatic rings. The minimum atomic E-state index is -0.499. The molecule has 1 heterocycles. The van der Waals surface area contributed by atoms with Crippen LogP contribution >= 0.6 is 0 Å². The topological polar surface area (TPSA) is 69.1 Å². The zero-order valence-corrected chi connectivity index (χ0v) is 7.42. The van der Waals surface area contributed by atoms with E-state index in [0.717, 1.165) is 0 Å². The Morgan fingerprint density at radius 2 is 2.17 bits per heavy atom. The first-order chi connectivity index (χ1) is 5.43. The zero-order chi connectivity index (χ0) is 9.35. The van der Waals surface area contributed by atoms with Gasteiger partial charge in [0.2, 0.25) is 0 Å². The van der Waals surface area contributed by atoms with Gasteiger partial charge in [-0.2, -0.15) is 0 Å². The molecule has 0 aromatic carbocycles. The Balaban J connectivity index is 3.17. The van der Waals surface area contributed by atoms with Gasteiger partial charge >= 0.3 is 0 Å². The molecular formula is C8H12N2O2. The second-order valence-electron chi connectivity index (χ2n) is 3.68. The van der Waals surface area contributed by atoms with Gasteiger partial charge < -0.3 is 10.3 Å². The summed E-state index contributed by atoms with van der Waals surface area (Å²) >= 11 is 0. The molecule has 12 heavy (non-hydrogen) atoms. The molecule has 0 bridgehead atoms. The number of carbonyl (C=O) groups is 1. The predicted molar refractivity (Wildman–Crippen MR) is 43.7 cm³/mol. The molecule has 1 rings (SSSR count). The van der Waals surface area contributed by atoms with Crippen molar-refractivity contribution in [1.82, 2.24) is 5.16 Å². The second-order valence-corrected chi connectivity index (χ2v) is 3.68. The summed E-state index contributed by atoms with van der Waals surface area (Å²) in [4.78, 5) is 10.9. The van der Waals surface area contributed by atoms with Crippen molar-refractivity contribution in [2.75, 3.05) is 0 Å². The molecule has 1 amide bonds. The Labute approximate surface area is 70.7 Å². The number of amides is 1. The largest absolute Gasteiger partial charge is 0.365 e. The van der Waals surface area contributed by atoms with Crippen LogP contribution in [0, 0.1) is 0 Å². The van der Waals surface area contributed by atoms with Crippen LogP contribution in [0.5, 0.6) is 0 Å². The number of aromatic nitrogens is 1. The third kappa shape index (κ3) is 1.47. The van der Waals surface area contributed by atoms with Crippen LogP contribution in [0.3, 0.4) is 0 Å². The lowest BCUT2D eigenvalue weighted by Gasteiger charge is -2.14. The molecule has 1 aromatic rings. The molecule has 0 saturated carbocycles. The van der Waals surface area contributed by atoms with E-state index in [0.29, 0.717) is 11.3 Å². The molecular weight excluding hydrogens is 156 g/mol. The van der Waals surface area contributed by atoms with Gasteiger partial charge in [-0.1, -0.05) is 25.9 Å². The number of primary amides is 1. The van der Waals surface area contributed by atoms with E-state index in [1.165, 1.54) is 6.20 Å². The third-order valence-corrected chi connectivity index (χ3v) is 1.52. The fourth-order valence-corrected chi connectivity index (χ4v) is 0.956. The molecule has 0 aliphatic carbocycles. The van der Waals surface area contributed by atoms with Gasteiger partial charge in [-0.15, -0.1) is 0 Å². The summed E-state index contributed by atoms with van der Waals surface area (Å²) in [5.41, 5.74) is 5.24. The molecule has 1 aromatic heterocycles. The van der Waals surface area contributed by atoms with Gasteiger partial charge in [0, 0.05) is 5.41 Å². The molecule has 66 valence electrons. The fourth-order valence-electron chi connectivity index (χ4n) is 0.956. The van der Waals surface area contributed by atoms with Gasteiger partial charge in [0.05, 0.1) is 6.20 Å². The summed E-state index contributed by atoms with van der Waals surface area (Å²) in [6.45, 7) is 5.79. The van der Waals surface area contributed by atoms with E-state index in [9.17, 15) is 4.79 Å². The first-order valence-corrected chi connectivity index (χ1v) is 3.68. The lowest BCUT2D eigenvalue weighted by molar-refractivity contribution is 0.0996. The minimum Gasteiger partial charge on any atom is -0.365 e. The Hall–Kier alpha value is -1.32.